The number of benzene rings is 2. The first-order valence-electron chi connectivity index (χ1n) is 8.27. The fraction of sp³-hybridized carbons (Fsp3) is 0.368. The molecule has 1 saturated carbocycles. The van der Waals surface area contributed by atoms with Crippen LogP contribution in [-0.2, 0) is 0 Å². The summed E-state index contributed by atoms with van der Waals surface area (Å²) < 4.78 is 0. The van der Waals surface area contributed by atoms with E-state index in [4.69, 9.17) is 5.73 Å². The van der Waals surface area contributed by atoms with E-state index in [0.717, 1.165) is 34.9 Å². The monoisotopic (exact) mass is 309 g/mol. The number of hydrogen-bond donors (Lipinski definition) is 2. The predicted molar refractivity (Wildman–Crippen MR) is 95.7 cm³/mol. The smallest absolute Gasteiger partial charge is 0.125 e. The number of aliphatic hydroxyl groups excluding tert-OH is 1. The molecule has 0 aliphatic heterocycles. The molecule has 1 aliphatic carbocycles. The van der Waals surface area contributed by atoms with E-state index in [0.29, 0.717) is 12.3 Å². The summed E-state index contributed by atoms with van der Waals surface area (Å²) in [5, 5.41) is 21.1. The lowest BCUT2D eigenvalue weighted by Crippen LogP contribution is -2.16. The molecular weight excluding hydrogens is 286 g/mol. The zero-order valence-corrected chi connectivity index (χ0v) is 13.3. The van der Waals surface area contributed by atoms with Crippen molar-refractivity contribution in [2.45, 2.75) is 44.6 Å². The summed E-state index contributed by atoms with van der Waals surface area (Å²) in [4.78, 5) is 0. The minimum atomic E-state index is -0.670. The van der Waals surface area contributed by atoms with Gasteiger partial charge in [-0.05, 0) is 42.0 Å². The third-order valence-corrected chi connectivity index (χ3v) is 4.34. The van der Waals surface area contributed by atoms with Gasteiger partial charge in [0.2, 0.25) is 0 Å². The summed E-state index contributed by atoms with van der Waals surface area (Å²) in [5.74, 6) is 0.378. The standard InChI is InChI=1S/C19H23N3O/c20-19(22-21-15-9-2-1-3-10-15)13-18(23)17-12-6-8-14-7-4-5-11-16(14)17/h4-8,11-12,18,23H,1-3,9-10,13H2,(H2,20,22). The van der Waals surface area contributed by atoms with Gasteiger partial charge in [-0.3, -0.25) is 0 Å². The molecule has 1 atom stereocenters. The molecule has 0 amide bonds. The Labute approximate surface area is 136 Å². The number of nitrogens with zero attached hydrogens (tertiary/aromatic N) is 2. The Balaban J connectivity index is 1.73. The van der Waals surface area contributed by atoms with Crippen molar-refractivity contribution in [2.75, 3.05) is 0 Å². The second-order valence-electron chi connectivity index (χ2n) is 6.11. The number of hydrogen-bond acceptors (Lipinski definition) is 3. The molecule has 23 heavy (non-hydrogen) atoms. The molecule has 3 rings (SSSR count). The molecule has 0 spiro atoms. The Kier molecular flexibility index (Phi) is 5.03. The molecule has 2 aromatic rings. The second-order valence-corrected chi connectivity index (χ2v) is 6.11. The van der Waals surface area contributed by atoms with Crippen LogP contribution in [0.4, 0.5) is 0 Å². The minimum absolute atomic E-state index is 0.296. The van der Waals surface area contributed by atoms with E-state index in [-0.39, 0.29) is 0 Å². The van der Waals surface area contributed by atoms with Crippen molar-refractivity contribution in [3.63, 3.8) is 0 Å². The lowest BCUT2D eigenvalue weighted by atomic mass is 9.98. The van der Waals surface area contributed by atoms with Crippen molar-refractivity contribution in [3.05, 3.63) is 48.0 Å². The van der Waals surface area contributed by atoms with E-state index < -0.39 is 6.10 Å². The summed E-state index contributed by atoms with van der Waals surface area (Å²) in [6, 6.07) is 14.0. The highest BCUT2D eigenvalue weighted by molar-refractivity contribution is 5.88. The van der Waals surface area contributed by atoms with E-state index in [1.54, 1.807) is 0 Å². The van der Waals surface area contributed by atoms with Gasteiger partial charge in [-0.1, -0.05) is 48.9 Å². The van der Waals surface area contributed by atoms with Gasteiger partial charge in [-0.25, -0.2) is 0 Å². The summed E-state index contributed by atoms with van der Waals surface area (Å²) in [5.41, 5.74) is 7.96. The van der Waals surface area contributed by atoms with Crippen LogP contribution >= 0.6 is 0 Å². The molecule has 1 fully saturated rings. The SMILES string of the molecule is N/C(CC(O)c1cccc2ccccc12)=N\N=C1CCCCC1. The summed E-state index contributed by atoms with van der Waals surface area (Å²) in [7, 11) is 0. The van der Waals surface area contributed by atoms with Gasteiger partial charge in [0.05, 0.1) is 6.10 Å². The predicted octanol–water partition coefficient (Wildman–Crippen LogP) is 3.94. The third kappa shape index (κ3) is 3.96. The van der Waals surface area contributed by atoms with Crippen molar-refractivity contribution in [1.82, 2.24) is 0 Å². The van der Waals surface area contributed by atoms with Gasteiger partial charge in [0.25, 0.3) is 0 Å². The van der Waals surface area contributed by atoms with Crippen LogP contribution in [-0.4, -0.2) is 16.7 Å². The first kappa shape index (κ1) is 15.7. The van der Waals surface area contributed by atoms with Gasteiger partial charge in [0.15, 0.2) is 0 Å². The maximum absolute atomic E-state index is 10.5. The summed E-state index contributed by atoms with van der Waals surface area (Å²) in [6.45, 7) is 0. The molecule has 0 heterocycles. The van der Waals surface area contributed by atoms with Gasteiger partial charge < -0.3 is 10.8 Å². The number of aliphatic hydroxyl groups is 1. The largest absolute Gasteiger partial charge is 0.388 e. The highest BCUT2D eigenvalue weighted by Gasteiger charge is 2.13. The number of fused-ring (bicyclic) bond motifs is 1. The molecule has 0 saturated heterocycles. The van der Waals surface area contributed by atoms with Crippen LogP contribution < -0.4 is 5.73 Å². The molecule has 120 valence electrons. The Morgan fingerprint density at radius 2 is 1.78 bits per heavy atom. The highest BCUT2D eigenvalue weighted by atomic mass is 16.3. The van der Waals surface area contributed by atoms with Crippen LogP contribution in [0.1, 0.15) is 50.2 Å². The van der Waals surface area contributed by atoms with E-state index in [1.807, 2.05) is 42.5 Å². The fourth-order valence-corrected chi connectivity index (χ4v) is 3.08. The Morgan fingerprint density at radius 3 is 2.61 bits per heavy atom. The van der Waals surface area contributed by atoms with Gasteiger partial charge in [-0.2, -0.15) is 5.10 Å². The molecule has 0 radical (unpaired) electrons. The minimum Gasteiger partial charge on any atom is -0.388 e. The Bertz CT molecular complexity index is 723. The van der Waals surface area contributed by atoms with E-state index in [9.17, 15) is 5.11 Å². The van der Waals surface area contributed by atoms with E-state index >= 15 is 0 Å². The normalized spacial score (nSPS) is 17.3. The number of nitrogens with two attached hydrogens (primary N) is 1. The maximum atomic E-state index is 10.5. The lowest BCUT2D eigenvalue weighted by molar-refractivity contribution is 0.187. The van der Waals surface area contributed by atoms with Crippen LogP contribution in [0.2, 0.25) is 0 Å². The zero-order chi connectivity index (χ0) is 16.1. The van der Waals surface area contributed by atoms with E-state index in [1.165, 1.54) is 19.3 Å². The van der Waals surface area contributed by atoms with Crippen LogP contribution in [0, 0.1) is 0 Å². The van der Waals surface area contributed by atoms with Crippen molar-refractivity contribution in [3.8, 4) is 0 Å². The molecule has 1 aliphatic rings. The van der Waals surface area contributed by atoms with Gasteiger partial charge in [-0.15, -0.1) is 5.10 Å². The van der Waals surface area contributed by atoms with E-state index in [2.05, 4.69) is 10.2 Å². The molecule has 0 aromatic heterocycles. The molecule has 1 unspecified atom stereocenters. The average Bonchev–Trinajstić information content (AvgIpc) is 2.60. The van der Waals surface area contributed by atoms with Crippen molar-refractivity contribution < 1.29 is 5.11 Å². The van der Waals surface area contributed by atoms with Gasteiger partial charge >= 0.3 is 0 Å². The highest BCUT2D eigenvalue weighted by Crippen LogP contribution is 2.26. The third-order valence-electron chi connectivity index (χ3n) is 4.34. The quantitative estimate of drug-likeness (QED) is 0.510. The summed E-state index contributed by atoms with van der Waals surface area (Å²) in [6.07, 6.45) is 5.31. The Morgan fingerprint density at radius 1 is 1.04 bits per heavy atom. The molecule has 4 nitrogen and oxygen atoms in total. The number of amidine groups is 1. The van der Waals surface area contributed by atoms with Crippen LogP contribution in [0.5, 0.6) is 0 Å². The van der Waals surface area contributed by atoms with Crippen LogP contribution in [0.3, 0.4) is 0 Å². The van der Waals surface area contributed by atoms with Crippen LogP contribution in [0.25, 0.3) is 10.8 Å². The topological polar surface area (TPSA) is 71.0 Å². The molecule has 0 bridgehead atoms. The second kappa shape index (κ2) is 7.38. The van der Waals surface area contributed by atoms with Crippen molar-refractivity contribution in [2.24, 2.45) is 15.9 Å². The van der Waals surface area contributed by atoms with Crippen molar-refractivity contribution in [1.29, 1.82) is 0 Å². The van der Waals surface area contributed by atoms with Crippen molar-refractivity contribution >= 4 is 22.3 Å². The van der Waals surface area contributed by atoms with Gasteiger partial charge in [0, 0.05) is 12.1 Å². The van der Waals surface area contributed by atoms with Gasteiger partial charge in [0.1, 0.15) is 5.84 Å². The number of rotatable bonds is 4. The molecule has 2 aromatic carbocycles. The summed E-state index contributed by atoms with van der Waals surface area (Å²) >= 11 is 0. The molecular formula is C19H23N3O. The average molecular weight is 309 g/mol. The first-order chi connectivity index (χ1) is 11.2. The first-order valence-corrected chi connectivity index (χ1v) is 8.27. The Hall–Kier alpha value is -2.20. The fourth-order valence-electron chi connectivity index (χ4n) is 3.08. The molecule has 3 N–H and O–H groups in total. The van der Waals surface area contributed by atoms with Crippen LogP contribution in [0.15, 0.2) is 52.7 Å². The maximum Gasteiger partial charge on any atom is 0.125 e. The zero-order valence-electron chi connectivity index (χ0n) is 13.3. The lowest BCUT2D eigenvalue weighted by Gasteiger charge is -2.13. The molecule has 4 heteroatoms.